The molecule has 0 aliphatic rings. The Morgan fingerprint density at radius 3 is 2.25 bits per heavy atom. The Morgan fingerprint density at radius 1 is 0.830 bits per heavy atom. The van der Waals surface area contributed by atoms with Gasteiger partial charge in [0.25, 0.3) is 0 Å². The zero-order chi connectivity index (χ0) is 39.2. The fourth-order valence-corrected chi connectivity index (χ4v) is 8.72. The normalized spacial score (nSPS) is 12.8. The van der Waals surface area contributed by atoms with Crippen molar-refractivity contribution in [3.05, 3.63) is 132 Å². The molecular weight excluding hydrogens is 891 g/mol. The van der Waals surface area contributed by atoms with Crippen molar-refractivity contribution < 1.29 is 28.6 Å². The predicted molar refractivity (Wildman–Crippen MR) is 217 cm³/mol. The van der Waals surface area contributed by atoms with Crippen molar-refractivity contribution in [1.82, 2.24) is 24.5 Å². The summed E-state index contributed by atoms with van der Waals surface area (Å²) in [5, 5.41) is 2.01. The number of rotatable bonds is 6. The van der Waals surface area contributed by atoms with Crippen molar-refractivity contribution >= 4 is 50.8 Å². The van der Waals surface area contributed by atoms with Crippen LogP contribution >= 0.6 is 0 Å². The number of para-hydroxylation sites is 1. The van der Waals surface area contributed by atoms with Crippen LogP contribution in [0.15, 0.2) is 102 Å². The molecule has 0 spiro atoms. The molecule has 0 unspecified atom stereocenters. The Labute approximate surface area is 333 Å². The standard InChI is InChI=1S/C30H27N4O.C15H18GeN.Ir/c1-17(2)20-8-6-9-21(18(3)4)27(20)34-26-16-31-15-14-25(26)33-29(34)24-11-7-10-22-23-13-12-19(5)32-30(23)35-28(22)24;1-12-5-7-13(8-6-12)15-10-9-14(11-17-15)16(2,3)4;/h6-10,12-18H,1-5H3;5-7,9-11H,1-4H3;/q2*-1;/i;1D3;. The molecule has 8 aromatic rings. The average Bonchev–Trinajstić information content (AvgIpc) is 3.72. The number of furan rings is 1. The molecule has 3 aromatic carbocycles. The van der Waals surface area contributed by atoms with Gasteiger partial charge >= 0.3 is 110 Å². The maximum absolute atomic E-state index is 7.35. The molecular formula is C45H45GeIrN5O-2. The Balaban J connectivity index is 0.000000217. The first-order valence-electron chi connectivity index (χ1n) is 19.3. The first-order chi connectivity index (χ1) is 26.1. The Kier molecular flexibility index (Phi) is 10.0. The predicted octanol–water partition coefficient (Wildman–Crippen LogP) is 11.1. The molecule has 8 rings (SSSR count). The number of aromatic nitrogens is 5. The summed E-state index contributed by atoms with van der Waals surface area (Å²) >= 11 is -1.83. The summed E-state index contributed by atoms with van der Waals surface area (Å²) in [5.74, 6) is 8.45. The number of fused-ring (bicyclic) bond motifs is 4. The Hall–Kier alpha value is -4.43. The first kappa shape index (κ1) is 34.3. The number of imidazole rings is 1. The van der Waals surface area contributed by atoms with Crippen molar-refractivity contribution in [2.24, 2.45) is 0 Å². The molecule has 0 bridgehead atoms. The van der Waals surface area contributed by atoms with Crippen LogP contribution < -0.4 is 4.40 Å². The van der Waals surface area contributed by atoms with Crippen molar-refractivity contribution in [2.75, 3.05) is 0 Å². The minimum absolute atomic E-state index is 0. The van der Waals surface area contributed by atoms with Crippen LogP contribution in [0.5, 0.6) is 0 Å². The van der Waals surface area contributed by atoms with Crippen LogP contribution in [0.25, 0.3) is 61.4 Å². The second-order valence-electron chi connectivity index (χ2n) is 14.9. The van der Waals surface area contributed by atoms with E-state index >= 15 is 0 Å². The second kappa shape index (κ2) is 15.5. The van der Waals surface area contributed by atoms with Gasteiger partial charge in [-0.2, -0.15) is 0 Å². The number of hydrogen-bond acceptors (Lipinski definition) is 5. The van der Waals surface area contributed by atoms with E-state index < -0.39 is 20.1 Å². The van der Waals surface area contributed by atoms with Gasteiger partial charge in [-0.1, -0.05) is 56.8 Å². The van der Waals surface area contributed by atoms with E-state index in [4.69, 9.17) is 13.5 Å². The summed E-state index contributed by atoms with van der Waals surface area (Å²) in [4.78, 5) is 18.7. The monoisotopic (exact) mass is 941 g/mol. The smallest absolute Gasteiger partial charge is 0 e. The van der Waals surface area contributed by atoms with Gasteiger partial charge in [0.2, 0.25) is 5.71 Å². The molecule has 8 heteroatoms. The summed E-state index contributed by atoms with van der Waals surface area (Å²) in [6.45, 7) is 8.84. The number of hydrogen-bond donors (Lipinski definition) is 0. The van der Waals surface area contributed by atoms with Gasteiger partial charge in [0.1, 0.15) is 0 Å². The molecule has 53 heavy (non-hydrogen) atoms. The molecule has 0 N–H and O–H groups in total. The molecule has 5 heterocycles. The van der Waals surface area contributed by atoms with Gasteiger partial charge in [0.05, 0.1) is 28.6 Å². The zero-order valence-electron chi connectivity index (χ0n) is 34.4. The van der Waals surface area contributed by atoms with E-state index in [0.29, 0.717) is 23.1 Å². The third-order valence-corrected chi connectivity index (χ3v) is 13.7. The van der Waals surface area contributed by atoms with E-state index in [1.807, 2.05) is 49.6 Å². The van der Waals surface area contributed by atoms with E-state index in [0.717, 1.165) is 55.7 Å². The van der Waals surface area contributed by atoms with Gasteiger partial charge in [-0.15, -0.1) is 18.2 Å². The van der Waals surface area contributed by atoms with Crippen molar-refractivity contribution in [3.8, 4) is 28.3 Å². The molecule has 0 fully saturated rings. The minimum Gasteiger partial charge on any atom is 0 e. The first-order valence-corrected chi connectivity index (χ1v) is 25.1. The summed E-state index contributed by atoms with van der Waals surface area (Å²) in [6.07, 6.45) is 5.64. The molecule has 6 nitrogen and oxygen atoms in total. The van der Waals surface area contributed by atoms with Gasteiger partial charge in [-0.05, 0) is 48.1 Å². The fraction of sp³-hybridized carbons (Fsp3) is 0.244. The molecule has 0 aliphatic carbocycles. The number of nitrogens with zero attached hydrogens (tertiary/aromatic N) is 5. The molecule has 271 valence electrons. The zero-order valence-corrected chi connectivity index (χ0v) is 35.9. The molecule has 0 saturated carbocycles. The molecule has 0 amide bonds. The van der Waals surface area contributed by atoms with E-state index in [9.17, 15) is 0 Å². The van der Waals surface area contributed by atoms with Gasteiger partial charge in [-0.3, -0.25) is 9.97 Å². The molecule has 5 aromatic heterocycles. The van der Waals surface area contributed by atoms with Crippen LogP contribution in [-0.4, -0.2) is 37.8 Å². The second-order valence-corrected chi connectivity index (χ2v) is 25.6. The maximum atomic E-state index is 7.35. The van der Waals surface area contributed by atoms with Crippen LogP contribution in [0.1, 0.15) is 66.0 Å². The van der Waals surface area contributed by atoms with Crippen LogP contribution in [0.3, 0.4) is 0 Å². The van der Waals surface area contributed by atoms with Gasteiger partial charge in [-0.25, -0.2) is 4.98 Å². The Bertz CT molecular complexity index is 2560. The molecule has 1 radical (unpaired) electrons. The van der Waals surface area contributed by atoms with E-state index in [2.05, 4.69) is 107 Å². The van der Waals surface area contributed by atoms with Crippen molar-refractivity contribution in [2.45, 2.75) is 70.6 Å². The summed E-state index contributed by atoms with van der Waals surface area (Å²) in [6, 6.07) is 32.1. The van der Waals surface area contributed by atoms with Crippen LogP contribution in [0.2, 0.25) is 17.3 Å². The average molecular weight is 940 g/mol. The quantitative estimate of drug-likeness (QED) is 0.123. The van der Waals surface area contributed by atoms with E-state index in [-0.39, 0.29) is 20.1 Å². The van der Waals surface area contributed by atoms with E-state index in [1.54, 1.807) is 18.3 Å². The maximum Gasteiger partial charge on any atom is 0 e. The van der Waals surface area contributed by atoms with E-state index in [1.165, 1.54) is 27.3 Å². The fourth-order valence-electron chi connectivity index (χ4n) is 6.55. The third kappa shape index (κ3) is 7.66. The van der Waals surface area contributed by atoms with Crippen LogP contribution in [0.4, 0.5) is 0 Å². The molecule has 0 atom stereocenters. The Morgan fingerprint density at radius 2 is 1.60 bits per heavy atom. The van der Waals surface area contributed by atoms with Crippen molar-refractivity contribution in [3.63, 3.8) is 0 Å². The molecule has 0 saturated heterocycles. The summed E-state index contributed by atoms with van der Waals surface area (Å²) in [5.41, 5.74) is 10.7. The van der Waals surface area contributed by atoms with Gasteiger partial charge in [0, 0.05) is 43.1 Å². The van der Waals surface area contributed by atoms with Crippen LogP contribution in [0, 0.1) is 25.9 Å². The minimum atomic E-state index is -2.08. The number of aryl methyl sites for hydroxylation is 2. The third-order valence-electron chi connectivity index (χ3n) is 9.40. The van der Waals surface area contributed by atoms with Crippen molar-refractivity contribution in [1.29, 1.82) is 0 Å². The van der Waals surface area contributed by atoms with Gasteiger partial charge in [0.15, 0.2) is 0 Å². The van der Waals surface area contributed by atoms with Crippen LogP contribution in [-0.2, 0) is 20.1 Å². The summed E-state index contributed by atoms with van der Waals surface area (Å²) in [7, 11) is 0. The number of benzene rings is 3. The summed E-state index contributed by atoms with van der Waals surface area (Å²) < 4.78 is 32.0. The SMILES string of the molecule is Cc1ccc2c(n1)oc1c(-c3nc4ccncc4n3-c3c(C(C)C)cccc3C(C)C)[c-]ccc12.[2H]C([2H])([2H])c1c[c-]c(-c2cc[c]([Ge]([CH3])([CH3])[CH3])cn2)cc1.[Ir]. The molecule has 0 aliphatic heterocycles. The largest absolute Gasteiger partial charge is 0 e. The topological polar surface area (TPSA) is 69.6 Å². The number of pyridine rings is 3. The van der Waals surface area contributed by atoms with Gasteiger partial charge < -0.3 is 8.98 Å².